The monoisotopic (exact) mass is 692 g/mol. The predicted molar refractivity (Wildman–Crippen MR) is 214 cm³/mol. The van der Waals surface area contributed by atoms with Crippen molar-refractivity contribution in [1.29, 1.82) is 0 Å². The molecule has 0 aromatic heterocycles. The van der Waals surface area contributed by atoms with Crippen LogP contribution in [0.5, 0.6) is 23.0 Å². The van der Waals surface area contributed by atoms with E-state index in [1.807, 2.05) is 52.0 Å². The molecule has 0 radical (unpaired) electrons. The van der Waals surface area contributed by atoms with Crippen LogP contribution in [0.3, 0.4) is 0 Å². The Bertz CT molecular complexity index is 1910. The maximum absolute atomic E-state index is 12.8. The highest BCUT2D eigenvalue weighted by Gasteiger charge is 2.50. The maximum Gasteiger partial charge on any atom is 0.123 e. The normalized spacial score (nSPS) is 13.8. The third-order valence-electron chi connectivity index (χ3n) is 10.9. The Kier molecular flexibility index (Phi) is 10.1. The fourth-order valence-electron chi connectivity index (χ4n) is 7.82. The lowest BCUT2D eigenvalue weighted by Crippen LogP contribution is -2.37. The lowest BCUT2D eigenvalue weighted by atomic mass is 9.57. The Hall–Kier alpha value is -3.92. The molecule has 0 aliphatic rings. The summed E-state index contributed by atoms with van der Waals surface area (Å²) in [7, 11) is 0. The average Bonchev–Trinajstić information content (AvgIpc) is 2.96. The molecule has 0 heterocycles. The van der Waals surface area contributed by atoms with Gasteiger partial charge in [0.25, 0.3) is 0 Å². The molecule has 0 fully saturated rings. The van der Waals surface area contributed by atoms with Crippen molar-refractivity contribution in [3.8, 4) is 23.0 Å². The molecule has 4 aromatic carbocycles. The zero-order valence-corrected chi connectivity index (χ0v) is 34.5. The van der Waals surface area contributed by atoms with Gasteiger partial charge in [-0.2, -0.15) is 0 Å². The van der Waals surface area contributed by atoms with Crippen LogP contribution in [0.15, 0.2) is 48.5 Å². The zero-order chi connectivity index (χ0) is 39.0. The smallest absolute Gasteiger partial charge is 0.123 e. The summed E-state index contributed by atoms with van der Waals surface area (Å²) in [6, 6.07) is 16.3. The van der Waals surface area contributed by atoms with Crippen molar-refractivity contribution < 1.29 is 20.4 Å². The van der Waals surface area contributed by atoms with E-state index in [-0.39, 0.29) is 39.2 Å². The molecule has 0 amide bonds. The van der Waals surface area contributed by atoms with E-state index in [9.17, 15) is 20.4 Å². The standard InChI is InChI=1S/C47H64O4/c1-26-18-28(3)39(48)36(20-26)47(37-21-27(2)19-29(4)40(37)49,38-25-32(44(9,10)11)24-35(42(38)51)46(15,16)17)30(5)33-22-31(43(6,7)8)23-34(41(33)50)45(12,13)14/h18-25,30,48-51H,1-17H3. The van der Waals surface area contributed by atoms with Crippen molar-refractivity contribution >= 4 is 0 Å². The van der Waals surface area contributed by atoms with Crippen molar-refractivity contribution in [2.24, 2.45) is 0 Å². The second-order valence-corrected chi connectivity index (χ2v) is 19.4. The summed E-state index contributed by atoms with van der Waals surface area (Å²) in [4.78, 5) is 0. The summed E-state index contributed by atoms with van der Waals surface area (Å²) in [6.07, 6.45) is 0. The SMILES string of the molecule is Cc1cc(C)c(O)c(C(c2cc(C)cc(C)c2O)(c2cc(C(C)(C)C)cc(C(C)(C)C)c2O)C(C)c2cc(C(C)(C)C)cc(C(C)(C)C)c2O)c1. The molecular weight excluding hydrogens is 629 g/mol. The van der Waals surface area contributed by atoms with Gasteiger partial charge in [-0.15, -0.1) is 0 Å². The lowest BCUT2D eigenvalue weighted by molar-refractivity contribution is 0.375. The van der Waals surface area contributed by atoms with Crippen LogP contribution in [-0.4, -0.2) is 20.4 Å². The summed E-state index contributed by atoms with van der Waals surface area (Å²) in [5.41, 5.74) is 6.54. The van der Waals surface area contributed by atoms with Gasteiger partial charge in [-0.05, 0) is 88.3 Å². The molecule has 0 bridgehead atoms. The van der Waals surface area contributed by atoms with Crippen LogP contribution >= 0.6 is 0 Å². The van der Waals surface area contributed by atoms with Gasteiger partial charge in [0.05, 0.1) is 5.41 Å². The molecule has 4 heteroatoms. The van der Waals surface area contributed by atoms with Gasteiger partial charge < -0.3 is 20.4 Å². The summed E-state index contributed by atoms with van der Waals surface area (Å²) in [5, 5.41) is 50.1. The Labute approximate surface area is 308 Å². The highest BCUT2D eigenvalue weighted by Crippen LogP contribution is 2.60. The van der Waals surface area contributed by atoms with Gasteiger partial charge in [-0.1, -0.05) is 150 Å². The Morgan fingerprint density at radius 2 is 0.725 bits per heavy atom. The van der Waals surface area contributed by atoms with Crippen molar-refractivity contribution in [3.05, 3.63) is 115 Å². The van der Waals surface area contributed by atoms with Gasteiger partial charge in [-0.25, -0.2) is 0 Å². The van der Waals surface area contributed by atoms with E-state index in [0.29, 0.717) is 33.4 Å². The minimum atomic E-state index is -1.39. The molecule has 0 saturated carbocycles. The fraction of sp³-hybridized carbons (Fsp3) is 0.489. The molecule has 276 valence electrons. The van der Waals surface area contributed by atoms with E-state index in [2.05, 4.69) is 114 Å². The highest BCUT2D eigenvalue weighted by atomic mass is 16.3. The van der Waals surface area contributed by atoms with E-state index in [4.69, 9.17) is 0 Å². The summed E-state index contributed by atoms with van der Waals surface area (Å²) < 4.78 is 0. The van der Waals surface area contributed by atoms with Gasteiger partial charge in [-0.3, -0.25) is 0 Å². The van der Waals surface area contributed by atoms with E-state index in [1.54, 1.807) is 0 Å². The molecule has 4 N–H and O–H groups in total. The summed E-state index contributed by atoms with van der Waals surface area (Å²) in [5.74, 6) is -0.142. The van der Waals surface area contributed by atoms with Crippen molar-refractivity contribution in [1.82, 2.24) is 0 Å². The van der Waals surface area contributed by atoms with Gasteiger partial charge in [0, 0.05) is 22.6 Å². The molecule has 4 aromatic rings. The summed E-state index contributed by atoms with van der Waals surface area (Å²) >= 11 is 0. The van der Waals surface area contributed by atoms with Crippen LogP contribution in [0.2, 0.25) is 0 Å². The second kappa shape index (κ2) is 12.9. The van der Waals surface area contributed by atoms with Crippen LogP contribution < -0.4 is 0 Å². The number of phenolic OH excluding ortho intramolecular Hbond substituents is 4. The van der Waals surface area contributed by atoms with Crippen molar-refractivity contribution in [3.63, 3.8) is 0 Å². The van der Waals surface area contributed by atoms with E-state index in [0.717, 1.165) is 33.4 Å². The molecule has 0 aliphatic heterocycles. The van der Waals surface area contributed by atoms with Crippen LogP contribution in [0.25, 0.3) is 0 Å². The van der Waals surface area contributed by atoms with Gasteiger partial charge >= 0.3 is 0 Å². The van der Waals surface area contributed by atoms with Gasteiger partial charge in [0.2, 0.25) is 0 Å². The molecule has 1 atom stereocenters. The number of hydrogen-bond acceptors (Lipinski definition) is 4. The molecule has 4 nitrogen and oxygen atoms in total. The number of benzene rings is 4. The van der Waals surface area contributed by atoms with Crippen molar-refractivity contribution in [2.75, 3.05) is 0 Å². The van der Waals surface area contributed by atoms with Crippen LogP contribution in [0, 0.1) is 27.7 Å². The topological polar surface area (TPSA) is 80.9 Å². The second-order valence-electron chi connectivity index (χ2n) is 19.4. The maximum atomic E-state index is 12.8. The first-order chi connectivity index (χ1) is 23.0. The zero-order valence-electron chi connectivity index (χ0n) is 34.5. The van der Waals surface area contributed by atoms with Crippen LogP contribution in [0.4, 0.5) is 0 Å². The first-order valence-corrected chi connectivity index (χ1v) is 18.4. The van der Waals surface area contributed by atoms with E-state index >= 15 is 0 Å². The first kappa shape index (κ1) is 39.9. The quantitative estimate of drug-likeness (QED) is 0.157. The minimum absolute atomic E-state index is 0.0893. The molecule has 51 heavy (non-hydrogen) atoms. The molecule has 1 unspecified atom stereocenters. The number of aryl methyl sites for hydroxylation is 4. The molecular formula is C47H64O4. The largest absolute Gasteiger partial charge is 0.507 e. The Morgan fingerprint density at radius 3 is 1.10 bits per heavy atom. The van der Waals surface area contributed by atoms with Crippen molar-refractivity contribution in [2.45, 2.75) is 151 Å². The minimum Gasteiger partial charge on any atom is -0.507 e. The average molecular weight is 693 g/mol. The van der Waals surface area contributed by atoms with Gasteiger partial charge in [0.1, 0.15) is 23.0 Å². The van der Waals surface area contributed by atoms with Crippen LogP contribution in [0.1, 0.15) is 163 Å². The number of phenols is 4. The van der Waals surface area contributed by atoms with Gasteiger partial charge in [0.15, 0.2) is 0 Å². The molecule has 0 saturated heterocycles. The summed E-state index contributed by atoms with van der Waals surface area (Å²) in [6.45, 7) is 35.5. The number of hydrogen-bond donors (Lipinski definition) is 4. The highest BCUT2D eigenvalue weighted by molar-refractivity contribution is 5.70. The van der Waals surface area contributed by atoms with Crippen LogP contribution in [-0.2, 0) is 27.1 Å². The van der Waals surface area contributed by atoms with E-state index < -0.39 is 16.7 Å². The van der Waals surface area contributed by atoms with E-state index in [1.165, 1.54) is 0 Å². The molecule has 0 spiro atoms. The first-order valence-electron chi connectivity index (χ1n) is 18.4. The molecule has 0 aliphatic carbocycles. The number of rotatable bonds is 5. The molecule has 4 rings (SSSR count). The Morgan fingerprint density at radius 1 is 0.392 bits per heavy atom. The number of aromatic hydroxyl groups is 4. The third kappa shape index (κ3) is 7.13. The predicted octanol–water partition coefficient (Wildman–Crippen LogP) is 12.1. The fourth-order valence-corrected chi connectivity index (χ4v) is 7.82. The lowest BCUT2D eigenvalue weighted by Gasteiger charge is -2.45. The Balaban J connectivity index is 2.50. The third-order valence-corrected chi connectivity index (χ3v) is 10.9.